The van der Waals surface area contributed by atoms with Gasteiger partial charge in [-0.1, -0.05) is 52.6 Å². The maximum atomic E-state index is 11.2. The zero-order valence-electron chi connectivity index (χ0n) is 12.1. The van der Waals surface area contributed by atoms with Crippen LogP contribution in [0.1, 0.15) is 5.56 Å². The molecule has 1 heterocycles. The molecular formula is C16H10Cl2N2O4. The second kappa shape index (κ2) is 6.60. The fourth-order valence-corrected chi connectivity index (χ4v) is 2.78. The number of aromatic nitrogens is 1. The first kappa shape index (κ1) is 16.4. The van der Waals surface area contributed by atoms with Crippen molar-refractivity contribution in [3.63, 3.8) is 0 Å². The monoisotopic (exact) mass is 364 g/mol. The predicted octanol–water partition coefficient (Wildman–Crippen LogP) is 4.72. The number of hydrogen-bond donors (Lipinski definition) is 1. The summed E-state index contributed by atoms with van der Waals surface area (Å²) in [5.74, 6) is 0.121. The minimum Gasteiger partial charge on any atom is -0.391 e. The molecule has 6 nitrogen and oxygen atoms in total. The highest BCUT2D eigenvalue weighted by Gasteiger charge is 2.25. The third-order valence-corrected chi connectivity index (χ3v) is 4.32. The third-order valence-electron chi connectivity index (χ3n) is 3.50. The fourth-order valence-electron chi connectivity index (χ4n) is 2.39. The third kappa shape index (κ3) is 2.75. The molecule has 0 radical (unpaired) electrons. The molecule has 3 aromatic rings. The van der Waals surface area contributed by atoms with Crippen molar-refractivity contribution in [2.24, 2.45) is 0 Å². The number of halogens is 2. The van der Waals surface area contributed by atoms with Crippen LogP contribution in [0.25, 0.3) is 22.6 Å². The summed E-state index contributed by atoms with van der Waals surface area (Å²) in [5.41, 5.74) is 1.14. The summed E-state index contributed by atoms with van der Waals surface area (Å²) in [5, 5.41) is 25.5. The van der Waals surface area contributed by atoms with Gasteiger partial charge >= 0.3 is 0 Å². The number of para-hydroxylation sites is 1. The highest BCUT2D eigenvalue weighted by Crippen LogP contribution is 2.40. The van der Waals surface area contributed by atoms with Crippen molar-refractivity contribution in [2.45, 2.75) is 6.61 Å². The topological polar surface area (TPSA) is 89.4 Å². The van der Waals surface area contributed by atoms with Gasteiger partial charge in [-0.2, -0.15) is 0 Å². The summed E-state index contributed by atoms with van der Waals surface area (Å²) in [7, 11) is 0. The van der Waals surface area contributed by atoms with E-state index in [-0.39, 0.29) is 27.7 Å². The molecule has 0 atom stereocenters. The van der Waals surface area contributed by atoms with E-state index in [4.69, 9.17) is 27.7 Å². The number of nitrogens with zero attached hydrogens (tertiary/aromatic N) is 2. The van der Waals surface area contributed by atoms with E-state index in [9.17, 15) is 15.2 Å². The number of hydrogen-bond acceptors (Lipinski definition) is 5. The van der Waals surface area contributed by atoms with Crippen LogP contribution in [-0.4, -0.2) is 15.2 Å². The second-order valence-corrected chi connectivity index (χ2v) is 5.66. The molecular weight excluding hydrogens is 355 g/mol. The number of aliphatic hydroxyl groups is 1. The molecule has 0 aliphatic heterocycles. The zero-order valence-corrected chi connectivity index (χ0v) is 13.6. The summed E-state index contributed by atoms with van der Waals surface area (Å²) in [4.78, 5) is 10.7. The molecule has 8 heteroatoms. The van der Waals surface area contributed by atoms with Gasteiger partial charge < -0.3 is 9.63 Å². The number of benzene rings is 2. The van der Waals surface area contributed by atoms with Crippen molar-refractivity contribution in [3.05, 3.63) is 68.2 Å². The van der Waals surface area contributed by atoms with Crippen molar-refractivity contribution in [2.75, 3.05) is 0 Å². The maximum absolute atomic E-state index is 11.2. The molecule has 24 heavy (non-hydrogen) atoms. The molecule has 0 amide bonds. The molecule has 1 N–H and O–H groups in total. The molecule has 0 saturated carbocycles. The van der Waals surface area contributed by atoms with Crippen LogP contribution in [0.4, 0.5) is 5.69 Å². The van der Waals surface area contributed by atoms with E-state index in [2.05, 4.69) is 5.16 Å². The van der Waals surface area contributed by atoms with Crippen LogP contribution < -0.4 is 0 Å². The molecule has 3 rings (SSSR count). The molecule has 2 aromatic carbocycles. The van der Waals surface area contributed by atoms with Crippen LogP contribution in [0.5, 0.6) is 0 Å². The summed E-state index contributed by atoms with van der Waals surface area (Å²) in [6.07, 6.45) is 0. The molecule has 0 spiro atoms. The molecule has 0 fully saturated rings. The molecule has 0 bridgehead atoms. The Balaban J connectivity index is 2.22. The van der Waals surface area contributed by atoms with Gasteiger partial charge in [0.05, 0.1) is 32.7 Å². The van der Waals surface area contributed by atoms with Gasteiger partial charge in [0.1, 0.15) is 5.69 Å². The van der Waals surface area contributed by atoms with E-state index in [0.29, 0.717) is 16.1 Å². The van der Waals surface area contributed by atoms with Gasteiger partial charge in [-0.05, 0) is 12.1 Å². The van der Waals surface area contributed by atoms with Crippen molar-refractivity contribution in [3.8, 4) is 22.6 Å². The van der Waals surface area contributed by atoms with Crippen LogP contribution >= 0.6 is 23.2 Å². The SMILES string of the molecule is O=[N+]([O-])c1ccccc1-c1onc(-c2cccc(Cl)c2Cl)c1CO. The summed E-state index contributed by atoms with van der Waals surface area (Å²) < 4.78 is 5.30. The molecule has 122 valence electrons. The second-order valence-electron chi connectivity index (χ2n) is 4.87. The lowest BCUT2D eigenvalue weighted by Crippen LogP contribution is -1.94. The first-order chi connectivity index (χ1) is 11.5. The van der Waals surface area contributed by atoms with E-state index in [0.717, 1.165) is 0 Å². The first-order valence-corrected chi connectivity index (χ1v) is 7.57. The van der Waals surface area contributed by atoms with Crippen LogP contribution in [-0.2, 0) is 6.61 Å². The largest absolute Gasteiger partial charge is 0.391 e. The average molecular weight is 365 g/mol. The van der Waals surface area contributed by atoms with Crippen molar-refractivity contribution < 1.29 is 14.6 Å². The Hall–Kier alpha value is -2.41. The van der Waals surface area contributed by atoms with Crippen LogP contribution in [0.3, 0.4) is 0 Å². The quantitative estimate of drug-likeness (QED) is 0.534. The van der Waals surface area contributed by atoms with Crippen LogP contribution in [0, 0.1) is 10.1 Å². The van der Waals surface area contributed by atoms with E-state index in [1.54, 1.807) is 30.3 Å². The Labute approximate surface area is 146 Å². The fraction of sp³-hybridized carbons (Fsp3) is 0.0625. The van der Waals surface area contributed by atoms with E-state index >= 15 is 0 Å². The number of rotatable bonds is 4. The van der Waals surface area contributed by atoms with Gasteiger partial charge in [0.15, 0.2) is 5.76 Å². The van der Waals surface area contributed by atoms with Crippen molar-refractivity contribution >= 4 is 28.9 Å². The summed E-state index contributed by atoms with van der Waals surface area (Å²) in [6, 6.07) is 11.0. The highest BCUT2D eigenvalue weighted by molar-refractivity contribution is 6.43. The molecule has 0 aliphatic carbocycles. The van der Waals surface area contributed by atoms with E-state index in [1.165, 1.54) is 12.1 Å². The smallest absolute Gasteiger partial charge is 0.280 e. The van der Waals surface area contributed by atoms with Crippen LogP contribution in [0.15, 0.2) is 47.0 Å². The molecule has 1 aromatic heterocycles. The van der Waals surface area contributed by atoms with Crippen LogP contribution in [0.2, 0.25) is 10.0 Å². The van der Waals surface area contributed by atoms with Gasteiger partial charge in [-0.3, -0.25) is 10.1 Å². The Bertz CT molecular complexity index is 924. The van der Waals surface area contributed by atoms with Crippen molar-refractivity contribution in [1.29, 1.82) is 0 Å². The number of aliphatic hydroxyl groups excluding tert-OH is 1. The summed E-state index contributed by atoms with van der Waals surface area (Å²) >= 11 is 12.2. The van der Waals surface area contributed by atoms with Gasteiger partial charge in [0, 0.05) is 11.6 Å². The molecule has 0 aliphatic rings. The summed E-state index contributed by atoms with van der Waals surface area (Å²) in [6.45, 7) is -0.428. The zero-order chi connectivity index (χ0) is 17.3. The van der Waals surface area contributed by atoms with Gasteiger partial charge in [0.2, 0.25) is 0 Å². The lowest BCUT2D eigenvalue weighted by atomic mass is 10.0. The Morgan fingerprint density at radius 1 is 1.12 bits per heavy atom. The first-order valence-electron chi connectivity index (χ1n) is 6.82. The average Bonchev–Trinajstić information content (AvgIpc) is 3.00. The minimum absolute atomic E-state index is 0.121. The number of nitro groups is 1. The minimum atomic E-state index is -0.523. The lowest BCUT2D eigenvalue weighted by molar-refractivity contribution is -0.384. The van der Waals surface area contributed by atoms with Gasteiger partial charge in [-0.15, -0.1) is 0 Å². The Morgan fingerprint density at radius 3 is 2.54 bits per heavy atom. The van der Waals surface area contributed by atoms with Gasteiger partial charge in [-0.25, -0.2) is 0 Å². The highest BCUT2D eigenvalue weighted by atomic mass is 35.5. The van der Waals surface area contributed by atoms with E-state index in [1.807, 2.05) is 0 Å². The van der Waals surface area contributed by atoms with Gasteiger partial charge in [0.25, 0.3) is 5.69 Å². The van der Waals surface area contributed by atoms with E-state index < -0.39 is 11.5 Å². The van der Waals surface area contributed by atoms with Crippen molar-refractivity contribution in [1.82, 2.24) is 5.16 Å². The molecule has 0 unspecified atom stereocenters. The normalized spacial score (nSPS) is 10.8. The Morgan fingerprint density at radius 2 is 1.83 bits per heavy atom. The lowest BCUT2D eigenvalue weighted by Gasteiger charge is -2.05. The number of nitro benzene ring substituents is 1. The Kier molecular flexibility index (Phi) is 4.53. The standard InChI is InChI=1S/C16H10Cl2N2O4/c17-12-6-3-5-10(14(12)18)15-11(8-21)16(24-19-15)9-4-1-2-7-13(9)20(22)23/h1-7,21H,8H2. The predicted molar refractivity (Wildman–Crippen MR) is 90.0 cm³/mol. The molecule has 0 saturated heterocycles. The maximum Gasteiger partial charge on any atom is 0.280 e.